The molecule has 3 rings (SSSR count). The molecule has 0 saturated heterocycles. The van der Waals surface area contributed by atoms with Gasteiger partial charge in [0.2, 0.25) is 11.8 Å². The highest BCUT2D eigenvalue weighted by atomic mass is 19.1. The lowest BCUT2D eigenvalue weighted by Gasteiger charge is -2.24. The molecule has 0 radical (unpaired) electrons. The normalized spacial score (nSPS) is 12.8. The first-order valence-electron chi connectivity index (χ1n) is 10.9. The molecule has 1 heterocycles. The molecule has 2 atom stereocenters. The number of carbonyl (C=O) groups excluding carboxylic acids is 2. The van der Waals surface area contributed by atoms with Gasteiger partial charge in [0, 0.05) is 36.9 Å². The lowest BCUT2D eigenvalue weighted by Crippen LogP contribution is -2.48. The second-order valence-electron chi connectivity index (χ2n) is 8.07. The number of hydrogen-bond donors (Lipinski definition) is 4. The summed E-state index contributed by atoms with van der Waals surface area (Å²) in [6, 6.07) is 12.7. The maximum absolute atomic E-state index is 13.5. The van der Waals surface area contributed by atoms with Crippen molar-refractivity contribution in [3.8, 4) is 0 Å². The van der Waals surface area contributed by atoms with Crippen LogP contribution < -0.4 is 10.6 Å². The van der Waals surface area contributed by atoms with E-state index in [1.54, 1.807) is 12.3 Å². The van der Waals surface area contributed by atoms with Crippen LogP contribution in [0.2, 0.25) is 0 Å². The summed E-state index contributed by atoms with van der Waals surface area (Å²) in [5.41, 5.74) is 2.31. The number of aromatic amines is 1. The van der Waals surface area contributed by atoms with E-state index < -0.39 is 12.0 Å². The lowest BCUT2D eigenvalue weighted by atomic mass is 9.98. The van der Waals surface area contributed by atoms with E-state index in [-0.39, 0.29) is 36.5 Å². The molecule has 1 aromatic heterocycles. The fraction of sp³-hybridized carbons (Fsp3) is 0.320. The van der Waals surface area contributed by atoms with Crippen LogP contribution in [0.1, 0.15) is 49.8 Å². The molecule has 0 bridgehead atoms. The van der Waals surface area contributed by atoms with Gasteiger partial charge in [-0.25, -0.2) is 4.39 Å². The minimum absolute atomic E-state index is 0.0745. The van der Waals surface area contributed by atoms with E-state index in [1.165, 1.54) is 19.1 Å². The summed E-state index contributed by atoms with van der Waals surface area (Å²) < 4.78 is 13.5. The second kappa shape index (κ2) is 11.3. The third-order valence-electron chi connectivity index (χ3n) is 5.50. The molecule has 0 saturated carbocycles. The minimum atomic E-state index is -0.848. The predicted molar refractivity (Wildman–Crippen MR) is 123 cm³/mol. The molecular formula is C25H28FN3O4. The smallest absolute Gasteiger partial charge is 0.303 e. The number of carboxylic acids is 1. The number of rotatable bonds is 11. The van der Waals surface area contributed by atoms with Gasteiger partial charge in [-0.05, 0) is 42.2 Å². The number of unbranched alkanes of at least 4 members (excludes halogenated alkanes) is 1. The average Bonchev–Trinajstić information content (AvgIpc) is 3.17. The summed E-state index contributed by atoms with van der Waals surface area (Å²) in [5.74, 6) is -1.88. The Kier molecular flexibility index (Phi) is 8.18. The number of carbonyl (C=O) groups is 3. The standard InChI is InChI=1S/C25H28FN3O4/c1-16(30)28-23(13-18-15-27-22-14-19(26)11-12-20(18)22)25(33)29-21(9-5-6-10-24(31)32)17-7-3-2-4-8-17/h2-4,7-8,11-12,14-15,21,23,27H,5-6,9-10,13H2,1H3,(H,28,30)(H,29,33)(H,31,32). The van der Waals surface area contributed by atoms with Crippen LogP contribution in [-0.2, 0) is 20.8 Å². The maximum atomic E-state index is 13.5. The third kappa shape index (κ3) is 6.90. The summed E-state index contributed by atoms with van der Waals surface area (Å²) in [4.78, 5) is 38.9. The van der Waals surface area contributed by atoms with E-state index in [9.17, 15) is 18.8 Å². The summed E-state index contributed by atoms with van der Waals surface area (Å²) >= 11 is 0. The van der Waals surface area contributed by atoms with Gasteiger partial charge >= 0.3 is 5.97 Å². The Morgan fingerprint density at radius 1 is 1.06 bits per heavy atom. The molecule has 0 aliphatic heterocycles. The third-order valence-corrected chi connectivity index (χ3v) is 5.50. The van der Waals surface area contributed by atoms with Crippen molar-refractivity contribution in [2.45, 2.75) is 51.1 Å². The highest BCUT2D eigenvalue weighted by molar-refractivity contribution is 5.89. The van der Waals surface area contributed by atoms with Gasteiger partial charge in [-0.15, -0.1) is 0 Å². The molecule has 4 N–H and O–H groups in total. The highest BCUT2D eigenvalue weighted by Crippen LogP contribution is 2.23. The quantitative estimate of drug-likeness (QED) is 0.330. The van der Waals surface area contributed by atoms with Crippen LogP contribution in [0.5, 0.6) is 0 Å². The summed E-state index contributed by atoms with van der Waals surface area (Å²) in [6.45, 7) is 1.35. The van der Waals surface area contributed by atoms with Gasteiger partial charge in [0.15, 0.2) is 0 Å². The number of carboxylic acid groups (broad SMARTS) is 1. The summed E-state index contributed by atoms with van der Waals surface area (Å²) in [7, 11) is 0. The van der Waals surface area contributed by atoms with Crippen LogP contribution >= 0.6 is 0 Å². The Balaban J connectivity index is 1.76. The number of hydrogen-bond acceptors (Lipinski definition) is 3. The second-order valence-corrected chi connectivity index (χ2v) is 8.07. The number of aromatic nitrogens is 1. The molecule has 2 amide bonds. The fourth-order valence-corrected chi connectivity index (χ4v) is 3.91. The van der Waals surface area contributed by atoms with Gasteiger partial charge in [-0.3, -0.25) is 14.4 Å². The minimum Gasteiger partial charge on any atom is -0.481 e. The molecular weight excluding hydrogens is 425 g/mol. The first kappa shape index (κ1) is 24.0. The maximum Gasteiger partial charge on any atom is 0.303 e. The van der Waals surface area contributed by atoms with Crippen LogP contribution in [0.4, 0.5) is 4.39 Å². The van der Waals surface area contributed by atoms with Crippen molar-refractivity contribution in [2.24, 2.45) is 0 Å². The lowest BCUT2D eigenvalue weighted by molar-refractivity contribution is -0.137. The number of halogens is 1. The van der Waals surface area contributed by atoms with E-state index in [0.717, 1.165) is 16.5 Å². The molecule has 2 unspecified atom stereocenters. The monoisotopic (exact) mass is 453 g/mol. The largest absolute Gasteiger partial charge is 0.481 e. The van der Waals surface area contributed by atoms with Crippen LogP contribution in [0.25, 0.3) is 10.9 Å². The van der Waals surface area contributed by atoms with Crippen LogP contribution in [0.3, 0.4) is 0 Å². The molecule has 33 heavy (non-hydrogen) atoms. The van der Waals surface area contributed by atoms with Crippen molar-refractivity contribution in [3.63, 3.8) is 0 Å². The van der Waals surface area contributed by atoms with Gasteiger partial charge in [0.05, 0.1) is 6.04 Å². The summed E-state index contributed by atoms with van der Waals surface area (Å²) in [5, 5.41) is 15.4. The zero-order valence-electron chi connectivity index (χ0n) is 18.4. The molecule has 0 aliphatic rings. The van der Waals surface area contributed by atoms with Crippen LogP contribution in [0, 0.1) is 5.82 Å². The van der Waals surface area contributed by atoms with Crippen molar-refractivity contribution < 1.29 is 23.9 Å². The fourth-order valence-electron chi connectivity index (χ4n) is 3.91. The number of amides is 2. The Labute approximate surface area is 191 Å². The number of fused-ring (bicyclic) bond motifs is 1. The number of aliphatic carboxylic acids is 1. The van der Waals surface area contributed by atoms with E-state index in [0.29, 0.717) is 24.8 Å². The Morgan fingerprint density at radius 2 is 1.82 bits per heavy atom. The summed E-state index contributed by atoms with van der Waals surface area (Å²) in [6.07, 6.45) is 3.73. The van der Waals surface area contributed by atoms with Crippen molar-refractivity contribution in [3.05, 3.63) is 71.7 Å². The predicted octanol–water partition coefficient (Wildman–Crippen LogP) is 3.86. The number of nitrogens with one attached hydrogen (secondary N) is 3. The van der Waals surface area contributed by atoms with E-state index in [2.05, 4.69) is 15.6 Å². The molecule has 0 fully saturated rings. The van der Waals surface area contributed by atoms with Gasteiger partial charge in [0.1, 0.15) is 11.9 Å². The van der Waals surface area contributed by atoms with E-state index in [4.69, 9.17) is 5.11 Å². The molecule has 2 aromatic carbocycles. The van der Waals surface area contributed by atoms with Crippen molar-refractivity contribution in [2.75, 3.05) is 0 Å². The SMILES string of the molecule is CC(=O)NC(Cc1c[nH]c2cc(F)ccc12)C(=O)NC(CCCCC(=O)O)c1ccccc1. The zero-order chi connectivity index (χ0) is 23.8. The number of H-pyrrole nitrogens is 1. The Bertz CT molecular complexity index is 1110. The van der Waals surface area contributed by atoms with Crippen LogP contribution in [0.15, 0.2) is 54.7 Å². The van der Waals surface area contributed by atoms with Gasteiger partial charge in [0.25, 0.3) is 0 Å². The molecule has 3 aromatic rings. The zero-order valence-corrected chi connectivity index (χ0v) is 18.4. The molecule has 174 valence electrons. The topological polar surface area (TPSA) is 111 Å². The first-order valence-corrected chi connectivity index (χ1v) is 10.9. The first-order chi connectivity index (χ1) is 15.8. The van der Waals surface area contributed by atoms with Gasteiger partial charge in [-0.1, -0.05) is 36.8 Å². The van der Waals surface area contributed by atoms with Crippen LogP contribution in [-0.4, -0.2) is 33.9 Å². The van der Waals surface area contributed by atoms with Gasteiger partial charge in [-0.2, -0.15) is 0 Å². The van der Waals surface area contributed by atoms with E-state index >= 15 is 0 Å². The molecule has 7 nitrogen and oxygen atoms in total. The Hall–Kier alpha value is -3.68. The van der Waals surface area contributed by atoms with Crippen molar-refractivity contribution in [1.29, 1.82) is 0 Å². The number of benzene rings is 2. The van der Waals surface area contributed by atoms with Gasteiger partial charge < -0.3 is 20.7 Å². The Morgan fingerprint density at radius 3 is 2.52 bits per heavy atom. The van der Waals surface area contributed by atoms with Crippen molar-refractivity contribution >= 4 is 28.7 Å². The molecule has 0 aliphatic carbocycles. The van der Waals surface area contributed by atoms with Crippen molar-refractivity contribution in [1.82, 2.24) is 15.6 Å². The molecule has 8 heteroatoms. The molecule has 0 spiro atoms. The average molecular weight is 454 g/mol. The van der Waals surface area contributed by atoms with E-state index in [1.807, 2.05) is 30.3 Å². The highest BCUT2D eigenvalue weighted by Gasteiger charge is 2.24.